The summed E-state index contributed by atoms with van der Waals surface area (Å²) in [5.41, 5.74) is 3.15. The van der Waals surface area contributed by atoms with Crippen molar-refractivity contribution in [3.05, 3.63) is 34.9 Å². The average Bonchev–Trinajstić information content (AvgIpc) is 3.53. The van der Waals surface area contributed by atoms with Gasteiger partial charge in [0.25, 0.3) is 5.91 Å². The molecular formula is C22H28N2O5. The molecule has 0 heterocycles. The summed E-state index contributed by atoms with van der Waals surface area (Å²) in [7, 11) is 1.49. The number of carbonyl (C=O) groups is 4. The topological polar surface area (TPSA) is 92.8 Å². The Hall–Kier alpha value is -2.70. The van der Waals surface area contributed by atoms with Crippen molar-refractivity contribution in [3.63, 3.8) is 0 Å². The fourth-order valence-electron chi connectivity index (χ4n) is 3.40. The quantitative estimate of drug-likeness (QED) is 0.504. The van der Waals surface area contributed by atoms with E-state index in [0.717, 1.165) is 32.1 Å². The van der Waals surface area contributed by atoms with E-state index in [1.54, 1.807) is 0 Å². The molecule has 0 aromatic heterocycles. The van der Waals surface area contributed by atoms with Gasteiger partial charge in [-0.15, -0.1) is 0 Å². The van der Waals surface area contributed by atoms with E-state index in [2.05, 4.69) is 5.32 Å². The Morgan fingerprint density at radius 1 is 1.07 bits per heavy atom. The molecule has 0 radical (unpaired) electrons. The van der Waals surface area contributed by atoms with E-state index in [1.165, 1.54) is 29.5 Å². The smallest absolute Gasteiger partial charge is 0.306 e. The lowest BCUT2D eigenvalue weighted by Crippen LogP contribution is -2.40. The predicted octanol–water partition coefficient (Wildman–Crippen LogP) is 1.81. The number of rotatable bonds is 9. The van der Waals surface area contributed by atoms with Gasteiger partial charge in [-0.1, -0.05) is 12.1 Å². The summed E-state index contributed by atoms with van der Waals surface area (Å²) in [6.45, 7) is -0.497. The van der Waals surface area contributed by atoms with Gasteiger partial charge in [-0.3, -0.25) is 19.2 Å². The molecule has 1 saturated carbocycles. The van der Waals surface area contributed by atoms with Crippen molar-refractivity contribution in [1.29, 1.82) is 0 Å². The number of esters is 1. The number of fused-ring (bicyclic) bond motifs is 1. The zero-order valence-corrected chi connectivity index (χ0v) is 16.9. The third-order valence-electron chi connectivity index (χ3n) is 5.33. The number of Topliss-reactive ketones (excluding diaryl/α,β-unsaturated/α-hetero) is 1. The first-order valence-electron chi connectivity index (χ1n) is 10.3. The third-order valence-corrected chi connectivity index (χ3v) is 5.33. The van der Waals surface area contributed by atoms with E-state index in [4.69, 9.17) is 4.74 Å². The Labute approximate surface area is 170 Å². The van der Waals surface area contributed by atoms with Crippen LogP contribution in [0.3, 0.4) is 0 Å². The first-order valence-corrected chi connectivity index (χ1v) is 10.3. The van der Waals surface area contributed by atoms with E-state index in [0.29, 0.717) is 5.56 Å². The number of carbonyl (C=O) groups excluding carboxylic acids is 4. The number of likely N-dealkylation sites (N-methyl/N-ethyl adjacent to an activating group) is 1. The molecule has 7 nitrogen and oxygen atoms in total. The molecule has 0 bridgehead atoms. The lowest BCUT2D eigenvalue weighted by molar-refractivity contribution is -0.151. The number of hydrogen-bond acceptors (Lipinski definition) is 5. The maximum Gasteiger partial charge on any atom is 0.306 e. The van der Waals surface area contributed by atoms with Crippen molar-refractivity contribution in [2.45, 2.75) is 57.4 Å². The first kappa shape index (κ1) is 21.0. The number of hydrogen-bond donors (Lipinski definition) is 1. The zero-order valence-electron chi connectivity index (χ0n) is 16.9. The molecule has 2 amide bonds. The fourth-order valence-corrected chi connectivity index (χ4v) is 3.40. The van der Waals surface area contributed by atoms with Crippen LogP contribution in [0.1, 0.15) is 60.0 Å². The monoisotopic (exact) mass is 400 g/mol. The Bertz CT molecular complexity index is 800. The lowest BCUT2D eigenvalue weighted by atomic mass is 9.89. The highest BCUT2D eigenvalue weighted by Crippen LogP contribution is 2.23. The molecule has 2 aliphatic carbocycles. The standard InChI is InChI=1S/C22H28N2O5/c1-24(13-20(26)23-18-8-9-18)21(27)14-29-22(28)11-10-19(25)17-7-6-15-4-2-3-5-16(15)12-17/h6-7,12,18H,2-5,8-11,13-14H2,1H3,(H,23,26). The van der Waals surface area contributed by atoms with Crippen LogP contribution < -0.4 is 5.32 Å². The van der Waals surface area contributed by atoms with Crippen molar-refractivity contribution in [1.82, 2.24) is 10.2 Å². The van der Waals surface area contributed by atoms with Gasteiger partial charge in [-0.2, -0.15) is 0 Å². The van der Waals surface area contributed by atoms with Crippen LogP contribution in [-0.2, 0) is 32.0 Å². The number of nitrogens with one attached hydrogen (secondary N) is 1. The molecule has 3 rings (SSSR count). The Balaban J connectivity index is 1.37. The SMILES string of the molecule is CN(CC(=O)NC1CC1)C(=O)COC(=O)CCC(=O)c1ccc2c(c1)CCCC2. The van der Waals surface area contributed by atoms with Gasteiger partial charge in [0, 0.05) is 25.1 Å². The number of amides is 2. The van der Waals surface area contributed by atoms with Gasteiger partial charge in [-0.05, 0) is 55.7 Å². The van der Waals surface area contributed by atoms with E-state index < -0.39 is 18.5 Å². The lowest BCUT2D eigenvalue weighted by Gasteiger charge is -2.17. The van der Waals surface area contributed by atoms with Crippen LogP contribution in [0, 0.1) is 0 Å². The summed E-state index contributed by atoms with van der Waals surface area (Å²) in [6.07, 6.45) is 6.30. The number of ketones is 1. The molecule has 1 aromatic rings. The number of ether oxygens (including phenoxy) is 1. The second-order valence-electron chi connectivity index (χ2n) is 7.87. The van der Waals surface area contributed by atoms with Gasteiger partial charge in [0.15, 0.2) is 12.4 Å². The highest BCUT2D eigenvalue weighted by molar-refractivity contribution is 5.98. The van der Waals surface area contributed by atoms with Crippen molar-refractivity contribution < 1.29 is 23.9 Å². The number of aryl methyl sites for hydroxylation is 2. The fraction of sp³-hybridized carbons (Fsp3) is 0.545. The van der Waals surface area contributed by atoms with Gasteiger partial charge in [0.05, 0.1) is 13.0 Å². The Kier molecular flexibility index (Phi) is 7.01. The molecule has 7 heteroatoms. The summed E-state index contributed by atoms with van der Waals surface area (Å²) in [5, 5.41) is 2.79. The summed E-state index contributed by atoms with van der Waals surface area (Å²) in [5.74, 6) is -1.37. The average molecular weight is 400 g/mol. The molecule has 156 valence electrons. The van der Waals surface area contributed by atoms with Crippen molar-refractivity contribution >= 4 is 23.6 Å². The van der Waals surface area contributed by atoms with Crippen LogP contribution >= 0.6 is 0 Å². The van der Waals surface area contributed by atoms with Crippen LogP contribution in [0.2, 0.25) is 0 Å². The predicted molar refractivity (Wildman–Crippen MR) is 106 cm³/mol. The molecule has 29 heavy (non-hydrogen) atoms. The Morgan fingerprint density at radius 3 is 2.52 bits per heavy atom. The van der Waals surface area contributed by atoms with E-state index >= 15 is 0 Å². The Morgan fingerprint density at radius 2 is 1.79 bits per heavy atom. The normalized spacial score (nSPS) is 15.2. The molecule has 0 spiro atoms. The summed E-state index contributed by atoms with van der Waals surface area (Å²) >= 11 is 0. The largest absolute Gasteiger partial charge is 0.456 e. The van der Waals surface area contributed by atoms with Crippen LogP contribution in [0.25, 0.3) is 0 Å². The van der Waals surface area contributed by atoms with Crippen molar-refractivity contribution in [3.8, 4) is 0 Å². The van der Waals surface area contributed by atoms with Crippen LogP contribution in [0.15, 0.2) is 18.2 Å². The van der Waals surface area contributed by atoms with E-state index in [9.17, 15) is 19.2 Å². The maximum atomic E-state index is 12.4. The molecule has 1 N–H and O–H groups in total. The van der Waals surface area contributed by atoms with Gasteiger partial charge in [0.1, 0.15) is 0 Å². The zero-order chi connectivity index (χ0) is 20.8. The molecule has 1 fully saturated rings. The minimum Gasteiger partial charge on any atom is -0.456 e. The van der Waals surface area contributed by atoms with Crippen LogP contribution in [-0.4, -0.2) is 54.7 Å². The maximum absolute atomic E-state index is 12.4. The molecule has 0 aliphatic heterocycles. The molecule has 1 aromatic carbocycles. The second kappa shape index (κ2) is 9.67. The molecular weight excluding hydrogens is 372 g/mol. The first-order chi connectivity index (χ1) is 13.9. The molecule has 0 unspecified atom stereocenters. The number of benzene rings is 1. The second-order valence-corrected chi connectivity index (χ2v) is 7.87. The van der Waals surface area contributed by atoms with Gasteiger partial charge >= 0.3 is 5.97 Å². The third kappa shape index (κ3) is 6.41. The van der Waals surface area contributed by atoms with Crippen molar-refractivity contribution in [2.75, 3.05) is 20.2 Å². The molecule has 0 saturated heterocycles. The van der Waals surface area contributed by atoms with Gasteiger partial charge < -0.3 is 15.0 Å². The van der Waals surface area contributed by atoms with Gasteiger partial charge in [-0.25, -0.2) is 0 Å². The van der Waals surface area contributed by atoms with E-state index in [-0.39, 0.29) is 37.1 Å². The van der Waals surface area contributed by atoms with E-state index in [1.807, 2.05) is 18.2 Å². The van der Waals surface area contributed by atoms with Gasteiger partial charge in [0.2, 0.25) is 5.91 Å². The summed E-state index contributed by atoms with van der Waals surface area (Å²) in [4.78, 5) is 49.2. The highest BCUT2D eigenvalue weighted by Gasteiger charge is 2.24. The highest BCUT2D eigenvalue weighted by atomic mass is 16.5. The minimum absolute atomic E-state index is 0.0471. The number of nitrogens with zero attached hydrogens (tertiary/aromatic N) is 1. The van der Waals surface area contributed by atoms with Crippen LogP contribution in [0.4, 0.5) is 0 Å². The van der Waals surface area contributed by atoms with Crippen LogP contribution in [0.5, 0.6) is 0 Å². The molecule has 2 aliphatic rings. The summed E-state index contributed by atoms with van der Waals surface area (Å²) in [6, 6.07) is 6.00. The summed E-state index contributed by atoms with van der Waals surface area (Å²) < 4.78 is 4.96. The van der Waals surface area contributed by atoms with Crippen molar-refractivity contribution in [2.24, 2.45) is 0 Å². The molecule has 0 atom stereocenters. The minimum atomic E-state index is -0.597.